The lowest BCUT2D eigenvalue weighted by Crippen LogP contribution is -2.26. The third-order valence-corrected chi connectivity index (χ3v) is 6.93. The monoisotopic (exact) mass is 507 g/mol. The zero-order valence-corrected chi connectivity index (χ0v) is 21.0. The molecule has 0 atom stereocenters. The molecule has 0 fully saturated rings. The van der Waals surface area contributed by atoms with E-state index in [0.29, 0.717) is 16.8 Å². The molecule has 1 heterocycles. The molecule has 0 saturated heterocycles. The fourth-order valence-electron chi connectivity index (χ4n) is 3.00. The largest absolute Gasteiger partial charge is 0.343 e. The molecule has 0 bridgehead atoms. The summed E-state index contributed by atoms with van der Waals surface area (Å²) < 4.78 is 41.3. The first-order chi connectivity index (χ1) is 14.4. The van der Waals surface area contributed by atoms with Crippen LogP contribution < -0.4 is 5.73 Å². The normalized spacial score (nSPS) is 12.1. The Kier molecular flexibility index (Phi) is 9.86. The minimum Gasteiger partial charge on any atom is -0.343 e. The molecule has 32 heavy (non-hydrogen) atoms. The molecule has 0 unspecified atom stereocenters. The first-order valence-corrected chi connectivity index (χ1v) is 11.2. The minimum absolute atomic E-state index is 0. The van der Waals surface area contributed by atoms with Gasteiger partial charge in [0, 0.05) is 46.7 Å². The van der Waals surface area contributed by atoms with Crippen molar-refractivity contribution >= 4 is 39.9 Å². The first-order valence-electron chi connectivity index (χ1n) is 9.43. The van der Waals surface area contributed by atoms with Gasteiger partial charge in [0.2, 0.25) is 10.0 Å². The number of hydrogen-bond donors (Lipinski definition) is 1. The van der Waals surface area contributed by atoms with Crippen LogP contribution in [0, 0.1) is 6.92 Å². The van der Waals surface area contributed by atoms with E-state index in [1.807, 2.05) is 0 Å². The van der Waals surface area contributed by atoms with Gasteiger partial charge < -0.3 is 10.6 Å². The van der Waals surface area contributed by atoms with Gasteiger partial charge in [-0.25, -0.2) is 17.1 Å². The summed E-state index contributed by atoms with van der Waals surface area (Å²) in [4.78, 5) is 14.2. The van der Waals surface area contributed by atoms with Gasteiger partial charge in [0.05, 0.1) is 17.3 Å². The van der Waals surface area contributed by atoms with Crippen molar-refractivity contribution in [3.63, 3.8) is 0 Å². The molecule has 2 aromatic rings. The summed E-state index contributed by atoms with van der Waals surface area (Å²) in [5.74, 6) is -0.820. The smallest absolute Gasteiger partial charge is 0.271 e. The summed E-state index contributed by atoms with van der Waals surface area (Å²) in [6.45, 7) is 1.56. The van der Waals surface area contributed by atoms with E-state index in [0.717, 1.165) is 4.31 Å². The molecule has 1 amide bonds. The van der Waals surface area contributed by atoms with E-state index < -0.39 is 15.9 Å². The lowest BCUT2D eigenvalue weighted by Gasteiger charge is -2.15. The highest BCUT2D eigenvalue weighted by molar-refractivity contribution is 7.89. The molecular weight excluding hydrogens is 480 g/mol. The first kappa shape index (κ1) is 28.1. The maximum absolute atomic E-state index is 14.1. The molecular formula is C20H28Cl2FN5O3S. The zero-order valence-electron chi connectivity index (χ0n) is 18.6. The van der Waals surface area contributed by atoms with Crippen molar-refractivity contribution in [3.05, 3.63) is 57.6 Å². The molecule has 1 aromatic carbocycles. The van der Waals surface area contributed by atoms with Crippen molar-refractivity contribution in [2.45, 2.75) is 24.8 Å². The van der Waals surface area contributed by atoms with E-state index in [1.165, 1.54) is 35.8 Å². The number of benzene rings is 1. The van der Waals surface area contributed by atoms with Gasteiger partial charge in [-0.1, -0.05) is 17.7 Å². The number of sulfonamides is 1. The summed E-state index contributed by atoms with van der Waals surface area (Å²) in [6.07, 6.45) is 1.50. The number of carbonyl (C=O) groups is 1. The van der Waals surface area contributed by atoms with Gasteiger partial charge in [-0.2, -0.15) is 5.10 Å². The summed E-state index contributed by atoms with van der Waals surface area (Å²) in [7, 11) is 2.36. The highest BCUT2D eigenvalue weighted by Gasteiger charge is 2.25. The molecule has 0 aliphatic carbocycles. The molecule has 8 nitrogen and oxygen atoms in total. The summed E-state index contributed by atoms with van der Waals surface area (Å²) in [5, 5.41) is 4.42. The number of halogens is 3. The Morgan fingerprint density at radius 3 is 2.41 bits per heavy atom. The van der Waals surface area contributed by atoms with E-state index in [2.05, 4.69) is 5.10 Å². The Bertz CT molecular complexity index is 1110. The maximum Gasteiger partial charge on any atom is 0.271 e. The number of aromatic nitrogens is 2. The van der Waals surface area contributed by atoms with E-state index in [4.69, 9.17) is 17.3 Å². The van der Waals surface area contributed by atoms with Crippen LogP contribution in [-0.4, -0.2) is 68.0 Å². The number of nitrogens with two attached hydrogens (primary N) is 1. The van der Waals surface area contributed by atoms with Gasteiger partial charge in [-0.3, -0.25) is 9.48 Å². The molecule has 2 rings (SSSR count). The fourth-order valence-corrected chi connectivity index (χ4v) is 4.43. The molecule has 2 N–H and O–H groups in total. The van der Waals surface area contributed by atoms with Crippen molar-refractivity contribution in [2.75, 3.05) is 34.7 Å². The molecule has 0 radical (unpaired) electrons. The number of carbonyl (C=O) groups excluding carboxylic acids is 1. The third kappa shape index (κ3) is 6.08. The molecule has 12 heteroatoms. The Balaban J connectivity index is 0.00000512. The fraction of sp³-hybridized carbons (Fsp3) is 0.400. The third-order valence-electron chi connectivity index (χ3n) is 4.64. The van der Waals surface area contributed by atoms with Crippen molar-refractivity contribution in [2.24, 2.45) is 5.73 Å². The van der Waals surface area contributed by atoms with Crippen LogP contribution in [0.5, 0.6) is 0 Å². The van der Waals surface area contributed by atoms with Crippen LogP contribution in [0.3, 0.4) is 0 Å². The van der Waals surface area contributed by atoms with Crippen LogP contribution >= 0.6 is 24.0 Å². The minimum atomic E-state index is -3.69. The summed E-state index contributed by atoms with van der Waals surface area (Å²) in [5.41, 5.74) is 7.48. The van der Waals surface area contributed by atoms with Crippen LogP contribution in [0.4, 0.5) is 4.39 Å². The van der Waals surface area contributed by atoms with Gasteiger partial charge in [-0.05, 0) is 30.7 Å². The number of rotatable bonds is 8. The molecule has 0 spiro atoms. The Labute approximate surface area is 199 Å². The second kappa shape index (κ2) is 11.2. The average molecular weight is 508 g/mol. The maximum atomic E-state index is 14.1. The second-order valence-electron chi connectivity index (χ2n) is 7.39. The number of allylic oxidation sites excluding steroid dienone is 1. The van der Waals surface area contributed by atoms with Crippen LogP contribution in [0.15, 0.2) is 35.0 Å². The molecule has 0 aliphatic rings. The standard InChI is InChI=1S/C20H27ClFN5O3S.ClH/c1-13-16(10-14-6-7-18(17(21)11-14)31(29,30)26(4)5)19(20(28)25(2)3)27(24-13)12-15(22)8-9-23;/h6-8,11H,9-10,12,23H2,1-5H3;1H. The average Bonchev–Trinajstić information content (AvgIpc) is 2.95. The van der Waals surface area contributed by atoms with Gasteiger partial charge in [0.25, 0.3) is 5.91 Å². The molecule has 0 aliphatic heterocycles. The zero-order chi connectivity index (χ0) is 23.5. The number of nitrogens with zero attached hydrogens (tertiary/aromatic N) is 4. The second-order valence-corrected chi connectivity index (χ2v) is 9.91. The summed E-state index contributed by atoms with van der Waals surface area (Å²) in [6, 6.07) is 4.62. The van der Waals surface area contributed by atoms with Gasteiger partial charge in [0.15, 0.2) is 0 Å². The lowest BCUT2D eigenvalue weighted by atomic mass is 10.0. The molecule has 178 valence electrons. The van der Waals surface area contributed by atoms with Crippen LogP contribution in [0.25, 0.3) is 0 Å². The molecule has 0 saturated carbocycles. The number of aryl methyl sites for hydroxylation is 1. The van der Waals surface area contributed by atoms with Crippen LogP contribution in [-0.2, 0) is 23.0 Å². The van der Waals surface area contributed by atoms with Crippen LogP contribution in [0.1, 0.15) is 27.3 Å². The topological polar surface area (TPSA) is 102 Å². The number of hydrogen-bond acceptors (Lipinski definition) is 5. The Morgan fingerprint density at radius 2 is 1.91 bits per heavy atom. The lowest BCUT2D eigenvalue weighted by molar-refractivity contribution is 0.0814. The van der Waals surface area contributed by atoms with Crippen molar-refractivity contribution in [1.82, 2.24) is 19.0 Å². The van der Waals surface area contributed by atoms with E-state index >= 15 is 0 Å². The SMILES string of the molecule is Cc1nn(CC(F)=CCN)c(C(=O)N(C)C)c1Cc1ccc(S(=O)(=O)N(C)C)c(Cl)c1.Cl. The van der Waals surface area contributed by atoms with Crippen molar-refractivity contribution in [3.8, 4) is 0 Å². The summed E-state index contributed by atoms with van der Waals surface area (Å²) >= 11 is 6.25. The Hall–Kier alpha value is -1.98. The number of amides is 1. The van der Waals surface area contributed by atoms with E-state index in [1.54, 1.807) is 33.2 Å². The quantitative estimate of drug-likeness (QED) is 0.591. The Morgan fingerprint density at radius 1 is 1.28 bits per heavy atom. The van der Waals surface area contributed by atoms with Crippen molar-refractivity contribution < 1.29 is 17.6 Å². The molecule has 1 aromatic heterocycles. The van der Waals surface area contributed by atoms with E-state index in [9.17, 15) is 17.6 Å². The van der Waals surface area contributed by atoms with E-state index in [-0.39, 0.29) is 53.4 Å². The van der Waals surface area contributed by atoms with Gasteiger partial charge >= 0.3 is 0 Å². The van der Waals surface area contributed by atoms with Gasteiger partial charge in [-0.15, -0.1) is 12.4 Å². The highest BCUT2D eigenvalue weighted by atomic mass is 35.5. The van der Waals surface area contributed by atoms with Gasteiger partial charge in [0.1, 0.15) is 16.4 Å². The van der Waals surface area contributed by atoms with Crippen LogP contribution in [0.2, 0.25) is 5.02 Å². The predicted octanol–water partition coefficient (Wildman–Crippen LogP) is 2.62. The highest BCUT2D eigenvalue weighted by Crippen LogP contribution is 2.27. The van der Waals surface area contributed by atoms with Crippen molar-refractivity contribution in [1.29, 1.82) is 0 Å². The predicted molar refractivity (Wildman–Crippen MR) is 126 cm³/mol.